The van der Waals surface area contributed by atoms with Crippen molar-refractivity contribution in [2.45, 2.75) is 25.1 Å². The first kappa shape index (κ1) is 17.3. The fraction of sp³-hybridized carbons (Fsp3) is 0.462. The summed E-state index contributed by atoms with van der Waals surface area (Å²) in [5.41, 5.74) is -2.66. The molecule has 0 heterocycles. The molecule has 0 aliphatic rings. The van der Waals surface area contributed by atoms with Crippen LogP contribution < -0.4 is 10.6 Å². The molecule has 8 heteroatoms. The molecule has 0 fully saturated rings. The Morgan fingerprint density at radius 1 is 1.19 bits per heavy atom. The predicted octanol–water partition coefficient (Wildman–Crippen LogP) is 1.96. The third-order valence-electron chi connectivity index (χ3n) is 3.14. The molecule has 0 aliphatic carbocycles. The third kappa shape index (κ3) is 4.33. The molecule has 118 valence electrons. The van der Waals surface area contributed by atoms with E-state index in [1.54, 1.807) is 6.92 Å². The van der Waals surface area contributed by atoms with E-state index in [0.29, 0.717) is 0 Å². The SMILES string of the molecule is CCC(CO)(CO)NC(=O)Nc1ccccc1C(F)(F)F. The van der Waals surface area contributed by atoms with Crippen molar-refractivity contribution in [3.8, 4) is 0 Å². The molecule has 0 aromatic heterocycles. The molecular formula is C13H17F3N2O3. The van der Waals surface area contributed by atoms with E-state index in [9.17, 15) is 28.2 Å². The number of aliphatic hydroxyl groups is 2. The van der Waals surface area contributed by atoms with E-state index in [1.807, 2.05) is 0 Å². The standard InChI is InChI=1S/C13H17F3N2O3/c1-2-12(7-19,8-20)18-11(21)17-10-6-4-3-5-9(10)13(14,15)16/h3-6,19-20H,2,7-8H2,1H3,(H2,17,18,21). The van der Waals surface area contributed by atoms with Crippen molar-refractivity contribution in [1.82, 2.24) is 5.32 Å². The fourth-order valence-electron chi connectivity index (χ4n) is 1.67. The number of amides is 2. The lowest BCUT2D eigenvalue weighted by molar-refractivity contribution is -0.136. The highest BCUT2D eigenvalue weighted by Gasteiger charge is 2.34. The quantitative estimate of drug-likeness (QED) is 0.671. The van der Waals surface area contributed by atoms with Crippen molar-refractivity contribution in [3.63, 3.8) is 0 Å². The Morgan fingerprint density at radius 3 is 2.24 bits per heavy atom. The van der Waals surface area contributed by atoms with Crippen molar-refractivity contribution >= 4 is 11.7 Å². The van der Waals surface area contributed by atoms with Gasteiger partial charge in [0.15, 0.2) is 0 Å². The number of para-hydroxylation sites is 1. The predicted molar refractivity (Wildman–Crippen MR) is 70.8 cm³/mol. The maximum absolute atomic E-state index is 12.8. The molecule has 2 amide bonds. The highest BCUT2D eigenvalue weighted by atomic mass is 19.4. The van der Waals surface area contributed by atoms with Crippen LogP contribution in [0.3, 0.4) is 0 Å². The zero-order valence-electron chi connectivity index (χ0n) is 11.4. The monoisotopic (exact) mass is 306 g/mol. The number of urea groups is 1. The molecule has 0 spiro atoms. The van der Waals surface area contributed by atoms with E-state index in [-0.39, 0.29) is 6.42 Å². The third-order valence-corrected chi connectivity index (χ3v) is 3.14. The van der Waals surface area contributed by atoms with Crippen molar-refractivity contribution in [3.05, 3.63) is 29.8 Å². The Bertz CT molecular complexity index is 480. The molecule has 0 radical (unpaired) electrons. The number of anilines is 1. The minimum absolute atomic E-state index is 0.217. The average molecular weight is 306 g/mol. The summed E-state index contributed by atoms with van der Waals surface area (Å²) in [5, 5.41) is 22.8. The van der Waals surface area contributed by atoms with Crippen LogP contribution in [0.2, 0.25) is 0 Å². The maximum atomic E-state index is 12.8. The van der Waals surface area contributed by atoms with Crippen LogP contribution in [0.5, 0.6) is 0 Å². The van der Waals surface area contributed by atoms with Gasteiger partial charge in [0.05, 0.1) is 30.0 Å². The number of carbonyl (C=O) groups excluding carboxylic acids is 1. The van der Waals surface area contributed by atoms with Crippen LogP contribution in [0, 0.1) is 0 Å². The summed E-state index contributed by atoms with van der Waals surface area (Å²) >= 11 is 0. The number of alkyl halides is 3. The molecule has 0 unspecified atom stereocenters. The lowest BCUT2D eigenvalue weighted by Gasteiger charge is -2.29. The number of halogens is 3. The molecule has 0 atom stereocenters. The largest absolute Gasteiger partial charge is 0.418 e. The number of nitrogens with one attached hydrogen (secondary N) is 2. The van der Waals surface area contributed by atoms with Crippen LogP contribution in [0.25, 0.3) is 0 Å². The van der Waals surface area contributed by atoms with Crippen LogP contribution in [-0.4, -0.2) is 35.0 Å². The molecular weight excluding hydrogens is 289 g/mol. The van der Waals surface area contributed by atoms with Crippen LogP contribution in [-0.2, 0) is 6.18 Å². The van der Waals surface area contributed by atoms with Gasteiger partial charge in [-0.05, 0) is 18.6 Å². The summed E-state index contributed by atoms with van der Waals surface area (Å²) in [4.78, 5) is 11.8. The topological polar surface area (TPSA) is 81.6 Å². The first-order valence-corrected chi connectivity index (χ1v) is 6.25. The summed E-state index contributed by atoms with van der Waals surface area (Å²) in [6, 6.07) is 3.60. The van der Waals surface area contributed by atoms with E-state index < -0.39 is 42.2 Å². The van der Waals surface area contributed by atoms with Gasteiger partial charge in [-0.2, -0.15) is 13.2 Å². The van der Waals surface area contributed by atoms with Crippen molar-refractivity contribution in [2.75, 3.05) is 18.5 Å². The molecule has 4 N–H and O–H groups in total. The van der Waals surface area contributed by atoms with E-state index in [0.717, 1.165) is 12.1 Å². The maximum Gasteiger partial charge on any atom is 0.418 e. The Hall–Kier alpha value is -1.80. The molecule has 0 saturated heterocycles. The lowest BCUT2D eigenvalue weighted by atomic mass is 9.99. The van der Waals surface area contributed by atoms with E-state index in [1.165, 1.54) is 12.1 Å². The smallest absolute Gasteiger partial charge is 0.394 e. The molecule has 1 aromatic carbocycles. The van der Waals surface area contributed by atoms with Crippen LogP contribution in [0.4, 0.5) is 23.7 Å². The molecule has 5 nitrogen and oxygen atoms in total. The van der Waals surface area contributed by atoms with Gasteiger partial charge in [0.1, 0.15) is 0 Å². The number of aliphatic hydroxyl groups excluding tert-OH is 2. The molecule has 0 aliphatic heterocycles. The van der Waals surface area contributed by atoms with Gasteiger partial charge in [-0.1, -0.05) is 19.1 Å². The van der Waals surface area contributed by atoms with Crippen LogP contribution in [0.15, 0.2) is 24.3 Å². The Kier molecular flexibility index (Phi) is 5.56. The van der Waals surface area contributed by atoms with Gasteiger partial charge in [0.25, 0.3) is 0 Å². The molecule has 21 heavy (non-hydrogen) atoms. The summed E-state index contributed by atoms with van der Waals surface area (Å²) in [7, 11) is 0. The minimum atomic E-state index is -4.60. The van der Waals surface area contributed by atoms with Crippen molar-refractivity contribution in [1.29, 1.82) is 0 Å². The lowest BCUT2D eigenvalue weighted by Crippen LogP contribution is -2.55. The first-order valence-electron chi connectivity index (χ1n) is 6.25. The Morgan fingerprint density at radius 2 is 1.76 bits per heavy atom. The number of hydrogen-bond donors (Lipinski definition) is 4. The number of hydrogen-bond acceptors (Lipinski definition) is 3. The van der Waals surface area contributed by atoms with Gasteiger partial charge in [0.2, 0.25) is 0 Å². The van der Waals surface area contributed by atoms with Crippen molar-refractivity contribution in [2.24, 2.45) is 0 Å². The normalized spacial score (nSPS) is 12.1. The zero-order chi connectivity index (χ0) is 16.1. The van der Waals surface area contributed by atoms with E-state index >= 15 is 0 Å². The van der Waals surface area contributed by atoms with E-state index in [2.05, 4.69) is 10.6 Å². The second kappa shape index (κ2) is 6.77. The minimum Gasteiger partial charge on any atom is -0.394 e. The van der Waals surface area contributed by atoms with Crippen LogP contribution >= 0.6 is 0 Å². The zero-order valence-corrected chi connectivity index (χ0v) is 11.4. The molecule has 1 rings (SSSR count). The molecule has 0 saturated carbocycles. The van der Waals surface area contributed by atoms with E-state index in [4.69, 9.17) is 0 Å². The number of carbonyl (C=O) groups is 1. The second-order valence-corrected chi connectivity index (χ2v) is 4.57. The Labute approximate surface area is 119 Å². The number of benzene rings is 1. The summed E-state index contributed by atoms with van der Waals surface area (Å²) in [6.45, 7) is 0.555. The number of rotatable bonds is 5. The second-order valence-electron chi connectivity index (χ2n) is 4.57. The van der Waals surface area contributed by atoms with Gasteiger partial charge in [-0.3, -0.25) is 0 Å². The van der Waals surface area contributed by atoms with Gasteiger partial charge in [-0.25, -0.2) is 4.79 Å². The summed E-state index contributed by atoms with van der Waals surface area (Å²) in [6.07, 6.45) is -4.38. The first-order chi connectivity index (χ1) is 9.78. The highest BCUT2D eigenvalue weighted by molar-refractivity contribution is 5.90. The Balaban J connectivity index is 2.90. The van der Waals surface area contributed by atoms with Gasteiger partial charge < -0.3 is 20.8 Å². The van der Waals surface area contributed by atoms with Gasteiger partial charge in [-0.15, -0.1) is 0 Å². The summed E-state index contributed by atoms with van der Waals surface area (Å²) < 4.78 is 38.4. The average Bonchev–Trinajstić information content (AvgIpc) is 2.44. The summed E-state index contributed by atoms with van der Waals surface area (Å²) in [5.74, 6) is 0. The van der Waals surface area contributed by atoms with Crippen LogP contribution in [0.1, 0.15) is 18.9 Å². The van der Waals surface area contributed by atoms with Gasteiger partial charge >= 0.3 is 12.2 Å². The van der Waals surface area contributed by atoms with Crippen molar-refractivity contribution < 1.29 is 28.2 Å². The molecule has 0 bridgehead atoms. The van der Waals surface area contributed by atoms with Gasteiger partial charge in [0, 0.05) is 0 Å². The molecule has 1 aromatic rings. The highest BCUT2D eigenvalue weighted by Crippen LogP contribution is 2.34. The fourth-order valence-corrected chi connectivity index (χ4v) is 1.67.